The average Bonchev–Trinajstić information content (AvgIpc) is 2.81. The first-order valence-corrected chi connectivity index (χ1v) is 7.76. The van der Waals surface area contributed by atoms with Gasteiger partial charge in [-0.2, -0.15) is 5.10 Å². The van der Waals surface area contributed by atoms with Crippen LogP contribution in [0.2, 0.25) is 0 Å². The van der Waals surface area contributed by atoms with Crippen molar-refractivity contribution in [2.75, 3.05) is 39.3 Å². The minimum absolute atomic E-state index is 0.612. The Morgan fingerprint density at radius 2 is 2.05 bits per heavy atom. The summed E-state index contributed by atoms with van der Waals surface area (Å²) in [6.45, 7) is 13.4. The molecule has 6 nitrogen and oxygen atoms in total. The highest BCUT2D eigenvalue weighted by Gasteiger charge is 2.32. The fraction of sp³-hybridized carbons (Fsp3) is 0.857. The normalized spacial score (nSPS) is 22.4. The first kappa shape index (κ1) is 14.0. The van der Waals surface area contributed by atoms with Crippen LogP contribution in [0.1, 0.15) is 19.7 Å². The summed E-state index contributed by atoms with van der Waals surface area (Å²) in [5.41, 5.74) is 0. The zero-order valence-electron chi connectivity index (χ0n) is 12.6. The van der Waals surface area contributed by atoms with Gasteiger partial charge >= 0.3 is 0 Å². The Morgan fingerprint density at radius 1 is 1.30 bits per heavy atom. The highest BCUT2D eigenvalue weighted by molar-refractivity contribution is 4.94. The maximum Gasteiger partial charge on any atom is 0.141 e. The molecule has 1 N–H and O–H groups in total. The lowest BCUT2D eigenvalue weighted by molar-refractivity contribution is 0.0199. The van der Waals surface area contributed by atoms with Gasteiger partial charge in [0.25, 0.3) is 0 Å². The molecule has 2 aliphatic rings. The summed E-state index contributed by atoms with van der Waals surface area (Å²) in [5.74, 6) is 1.72. The van der Waals surface area contributed by atoms with Gasteiger partial charge in [0.15, 0.2) is 0 Å². The van der Waals surface area contributed by atoms with Crippen LogP contribution < -0.4 is 5.32 Å². The monoisotopic (exact) mass is 278 g/mol. The van der Waals surface area contributed by atoms with E-state index in [9.17, 15) is 0 Å². The molecular formula is C14H26N6. The second-order valence-corrected chi connectivity index (χ2v) is 6.39. The van der Waals surface area contributed by atoms with E-state index in [1.807, 2.05) is 0 Å². The molecule has 0 aliphatic carbocycles. The van der Waals surface area contributed by atoms with Crippen molar-refractivity contribution < 1.29 is 0 Å². The van der Waals surface area contributed by atoms with Gasteiger partial charge in [-0.05, 0) is 5.92 Å². The quantitative estimate of drug-likeness (QED) is 0.823. The molecule has 3 heterocycles. The fourth-order valence-electron chi connectivity index (χ4n) is 3.06. The van der Waals surface area contributed by atoms with Crippen LogP contribution in [-0.4, -0.2) is 69.9 Å². The van der Waals surface area contributed by atoms with Crippen LogP contribution in [0, 0.1) is 5.92 Å². The standard InChI is InChI=1S/C14H26N6/c1-12(2)7-20-14(16-11-17-20)10-18-8-13(9-18)19-5-3-15-4-6-19/h11-13,15H,3-10H2,1-2H3. The molecular weight excluding hydrogens is 252 g/mol. The van der Waals surface area contributed by atoms with Gasteiger partial charge in [0, 0.05) is 51.9 Å². The smallest absolute Gasteiger partial charge is 0.141 e. The topological polar surface area (TPSA) is 49.2 Å². The second kappa shape index (κ2) is 6.20. The van der Waals surface area contributed by atoms with Crippen molar-refractivity contribution in [1.29, 1.82) is 0 Å². The van der Waals surface area contributed by atoms with Crippen LogP contribution in [-0.2, 0) is 13.1 Å². The third kappa shape index (κ3) is 3.19. The Bertz CT molecular complexity index is 417. The summed E-state index contributed by atoms with van der Waals surface area (Å²) < 4.78 is 2.06. The SMILES string of the molecule is CC(C)Cn1ncnc1CN1CC(N2CCNCC2)C1. The highest BCUT2D eigenvalue weighted by atomic mass is 15.4. The molecule has 1 aromatic heterocycles. The number of nitrogens with zero attached hydrogens (tertiary/aromatic N) is 5. The molecule has 20 heavy (non-hydrogen) atoms. The molecule has 0 bridgehead atoms. The number of hydrogen-bond acceptors (Lipinski definition) is 5. The minimum Gasteiger partial charge on any atom is -0.314 e. The molecule has 0 aromatic carbocycles. The Labute approximate surface area is 121 Å². The van der Waals surface area contributed by atoms with Gasteiger partial charge in [-0.3, -0.25) is 9.80 Å². The molecule has 0 atom stereocenters. The van der Waals surface area contributed by atoms with Crippen molar-refractivity contribution in [3.63, 3.8) is 0 Å². The highest BCUT2D eigenvalue weighted by Crippen LogP contribution is 2.17. The van der Waals surface area contributed by atoms with Crippen LogP contribution in [0.15, 0.2) is 6.33 Å². The Balaban J connectivity index is 1.47. The first-order chi connectivity index (χ1) is 9.72. The van der Waals surface area contributed by atoms with Crippen molar-refractivity contribution in [2.24, 2.45) is 5.92 Å². The van der Waals surface area contributed by atoms with Crippen LogP contribution in [0.3, 0.4) is 0 Å². The molecule has 1 aromatic rings. The van der Waals surface area contributed by atoms with Gasteiger partial charge in [0.2, 0.25) is 0 Å². The summed E-state index contributed by atoms with van der Waals surface area (Å²) in [4.78, 5) is 9.51. The van der Waals surface area contributed by atoms with Gasteiger partial charge in [-0.15, -0.1) is 0 Å². The number of rotatable bonds is 5. The predicted molar refractivity (Wildman–Crippen MR) is 78.4 cm³/mol. The lowest BCUT2D eigenvalue weighted by atomic mass is 10.1. The third-order valence-corrected chi connectivity index (χ3v) is 4.20. The van der Waals surface area contributed by atoms with E-state index in [0.717, 1.165) is 38.0 Å². The van der Waals surface area contributed by atoms with E-state index in [0.29, 0.717) is 5.92 Å². The van der Waals surface area contributed by atoms with E-state index in [2.05, 4.69) is 43.7 Å². The predicted octanol–water partition coefficient (Wildman–Crippen LogP) is 0.0235. The summed E-state index contributed by atoms with van der Waals surface area (Å²) >= 11 is 0. The summed E-state index contributed by atoms with van der Waals surface area (Å²) in [6, 6.07) is 0.749. The van der Waals surface area contributed by atoms with Crippen LogP contribution in [0.25, 0.3) is 0 Å². The van der Waals surface area contributed by atoms with E-state index < -0.39 is 0 Å². The lowest BCUT2D eigenvalue weighted by Gasteiger charge is -2.46. The van der Waals surface area contributed by atoms with E-state index in [1.54, 1.807) is 6.33 Å². The minimum atomic E-state index is 0.612. The fourth-order valence-corrected chi connectivity index (χ4v) is 3.06. The summed E-state index contributed by atoms with van der Waals surface area (Å²) in [5, 5.41) is 7.75. The van der Waals surface area contributed by atoms with Gasteiger partial charge in [0.1, 0.15) is 12.2 Å². The van der Waals surface area contributed by atoms with Crippen LogP contribution >= 0.6 is 0 Å². The third-order valence-electron chi connectivity index (χ3n) is 4.20. The maximum atomic E-state index is 4.42. The second-order valence-electron chi connectivity index (χ2n) is 6.39. The molecule has 2 fully saturated rings. The number of aromatic nitrogens is 3. The molecule has 0 radical (unpaired) electrons. The Hall–Kier alpha value is -0.980. The van der Waals surface area contributed by atoms with Gasteiger partial charge in [0.05, 0.1) is 6.54 Å². The number of nitrogens with one attached hydrogen (secondary N) is 1. The Kier molecular flexibility index (Phi) is 4.33. The first-order valence-electron chi connectivity index (χ1n) is 7.76. The van der Waals surface area contributed by atoms with E-state index in [4.69, 9.17) is 0 Å². The molecule has 6 heteroatoms. The van der Waals surface area contributed by atoms with Crippen LogP contribution in [0.4, 0.5) is 0 Å². The van der Waals surface area contributed by atoms with Gasteiger partial charge < -0.3 is 5.32 Å². The molecule has 2 aliphatic heterocycles. The maximum absolute atomic E-state index is 4.42. The van der Waals surface area contributed by atoms with Crippen LogP contribution in [0.5, 0.6) is 0 Å². The molecule has 112 valence electrons. The number of hydrogen-bond donors (Lipinski definition) is 1. The molecule has 0 unspecified atom stereocenters. The van der Waals surface area contributed by atoms with Crippen molar-refractivity contribution in [1.82, 2.24) is 29.9 Å². The van der Waals surface area contributed by atoms with Crippen molar-refractivity contribution in [3.05, 3.63) is 12.2 Å². The number of piperazine rings is 1. The molecule has 3 rings (SSSR count). The van der Waals surface area contributed by atoms with Crippen molar-refractivity contribution >= 4 is 0 Å². The van der Waals surface area contributed by atoms with E-state index in [1.165, 1.54) is 26.2 Å². The average molecular weight is 278 g/mol. The van der Waals surface area contributed by atoms with E-state index >= 15 is 0 Å². The Morgan fingerprint density at radius 3 is 2.75 bits per heavy atom. The summed E-state index contributed by atoms with van der Waals surface area (Å²) in [7, 11) is 0. The van der Waals surface area contributed by atoms with Gasteiger partial charge in [-0.1, -0.05) is 13.8 Å². The molecule has 0 amide bonds. The lowest BCUT2D eigenvalue weighted by Crippen LogP contribution is -2.62. The molecule has 0 saturated carbocycles. The number of likely N-dealkylation sites (tertiary alicyclic amines) is 1. The zero-order chi connectivity index (χ0) is 13.9. The summed E-state index contributed by atoms with van der Waals surface area (Å²) in [6.07, 6.45) is 1.69. The van der Waals surface area contributed by atoms with Gasteiger partial charge in [-0.25, -0.2) is 9.67 Å². The zero-order valence-corrected chi connectivity index (χ0v) is 12.6. The molecule has 2 saturated heterocycles. The molecule has 0 spiro atoms. The van der Waals surface area contributed by atoms with Crippen molar-refractivity contribution in [3.8, 4) is 0 Å². The largest absolute Gasteiger partial charge is 0.314 e. The van der Waals surface area contributed by atoms with Crippen molar-refractivity contribution in [2.45, 2.75) is 33.0 Å². The van der Waals surface area contributed by atoms with E-state index in [-0.39, 0.29) is 0 Å².